The van der Waals surface area contributed by atoms with E-state index in [2.05, 4.69) is 5.32 Å². The van der Waals surface area contributed by atoms with Gasteiger partial charge in [-0.15, -0.1) is 0 Å². The average molecular weight is 270 g/mol. The van der Waals surface area contributed by atoms with Crippen molar-refractivity contribution in [3.63, 3.8) is 0 Å². The largest absolute Gasteiger partial charge is 0.394 e. The molecule has 4 N–H and O–H groups in total. The number of hydrogen-bond donors (Lipinski definition) is 3. The molecule has 0 aliphatic rings. The van der Waals surface area contributed by atoms with E-state index < -0.39 is 18.1 Å². The SMILES string of the molecule is CC(N)(CO)C(=O)Nc1ccc(-c2ccccc2)cc1. The van der Waals surface area contributed by atoms with Crippen molar-refractivity contribution in [2.45, 2.75) is 12.5 Å². The van der Waals surface area contributed by atoms with Crippen LogP contribution >= 0.6 is 0 Å². The molecule has 0 saturated carbocycles. The Hall–Kier alpha value is -2.17. The van der Waals surface area contributed by atoms with E-state index in [9.17, 15) is 4.79 Å². The zero-order chi connectivity index (χ0) is 14.6. The van der Waals surface area contributed by atoms with Crippen LogP contribution in [0.5, 0.6) is 0 Å². The van der Waals surface area contributed by atoms with E-state index in [1.165, 1.54) is 6.92 Å². The molecule has 0 heterocycles. The molecule has 104 valence electrons. The van der Waals surface area contributed by atoms with Crippen molar-refractivity contribution in [3.8, 4) is 11.1 Å². The summed E-state index contributed by atoms with van der Waals surface area (Å²) in [4.78, 5) is 11.8. The first-order chi connectivity index (χ1) is 9.53. The van der Waals surface area contributed by atoms with Crippen molar-refractivity contribution < 1.29 is 9.90 Å². The number of amides is 1. The van der Waals surface area contributed by atoms with E-state index in [0.29, 0.717) is 5.69 Å². The van der Waals surface area contributed by atoms with E-state index in [1.807, 2.05) is 54.6 Å². The van der Waals surface area contributed by atoms with Crippen LogP contribution in [0.4, 0.5) is 5.69 Å². The maximum atomic E-state index is 11.8. The number of hydrogen-bond acceptors (Lipinski definition) is 3. The summed E-state index contributed by atoms with van der Waals surface area (Å²) in [5.74, 6) is -0.410. The molecule has 2 aromatic rings. The number of aliphatic hydroxyl groups excluding tert-OH is 1. The van der Waals surface area contributed by atoms with E-state index in [4.69, 9.17) is 10.8 Å². The van der Waals surface area contributed by atoms with Crippen molar-refractivity contribution in [2.24, 2.45) is 5.73 Å². The van der Waals surface area contributed by atoms with Gasteiger partial charge in [0.25, 0.3) is 0 Å². The summed E-state index contributed by atoms with van der Waals surface area (Å²) in [6.07, 6.45) is 0. The highest BCUT2D eigenvalue weighted by Crippen LogP contribution is 2.21. The maximum absolute atomic E-state index is 11.8. The van der Waals surface area contributed by atoms with Crippen molar-refractivity contribution in [1.82, 2.24) is 0 Å². The predicted octanol–water partition coefficient (Wildman–Crippen LogP) is 2.00. The Morgan fingerprint density at radius 1 is 1.10 bits per heavy atom. The number of aliphatic hydroxyl groups is 1. The monoisotopic (exact) mass is 270 g/mol. The molecule has 2 aromatic carbocycles. The van der Waals surface area contributed by atoms with Crippen molar-refractivity contribution >= 4 is 11.6 Å². The molecule has 0 bridgehead atoms. The Morgan fingerprint density at radius 3 is 2.20 bits per heavy atom. The fourth-order valence-electron chi connectivity index (χ4n) is 1.72. The number of nitrogens with one attached hydrogen (secondary N) is 1. The molecular weight excluding hydrogens is 252 g/mol. The molecular formula is C16H18N2O2. The Morgan fingerprint density at radius 2 is 1.65 bits per heavy atom. The Kier molecular flexibility index (Phi) is 4.17. The third-order valence-corrected chi connectivity index (χ3v) is 3.10. The molecule has 0 spiro atoms. The second kappa shape index (κ2) is 5.86. The first-order valence-corrected chi connectivity index (χ1v) is 6.39. The summed E-state index contributed by atoms with van der Waals surface area (Å²) in [6, 6.07) is 17.5. The molecule has 0 fully saturated rings. The molecule has 2 rings (SSSR count). The van der Waals surface area contributed by atoms with Crippen LogP contribution in [0.2, 0.25) is 0 Å². The fourth-order valence-corrected chi connectivity index (χ4v) is 1.72. The normalized spacial score (nSPS) is 13.6. The summed E-state index contributed by atoms with van der Waals surface area (Å²) in [6.45, 7) is 1.08. The smallest absolute Gasteiger partial charge is 0.246 e. The number of anilines is 1. The molecule has 0 aliphatic carbocycles. The molecule has 1 amide bonds. The highest BCUT2D eigenvalue weighted by molar-refractivity contribution is 5.97. The van der Waals surface area contributed by atoms with Gasteiger partial charge >= 0.3 is 0 Å². The molecule has 4 nitrogen and oxygen atoms in total. The Bertz CT molecular complexity index is 577. The van der Waals surface area contributed by atoms with Crippen LogP contribution in [0.3, 0.4) is 0 Å². The first-order valence-electron chi connectivity index (χ1n) is 6.39. The van der Waals surface area contributed by atoms with E-state index in [1.54, 1.807) is 0 Å². The molecule has 0 aromatic heterocycles. The van der Waals surface area contributed by atoms with Gasteiger partial charge in [-0.25, -0.2) is 0 Å². The van der Waals surface area contributed by atoms with Crippen LogP contribution < -0.4 is 11.1 Å². The van der Waals surface area contributed by atoms with E-state index >= 15 is 0 Å². The van der Waals surface area contributed by atoms with E-state index in [-0.39, 0.29) is 0 Å². The lowest BCUT2D eigenvalue weighted by Gasteiger charge is -2.20. The van der Waals surface area contributed by atoms with Gasteiger partial charge in [0.1, 0.15) is 5.54 Å². The summed E-state index contributed by atoms with van der Waals surface area (Å²) in [7, 11) is 0. The van der Waals surface area contributed by atoms with Crippen molar-refractivity contribution in [2.75, 3.05) is 11.9 Å². The molecule has 0 aliphatic heterocycles. The van der Waals surface area contributed by atoms with Gasteiger partial charge in [0, 0.05) is 5.69 Å². The Balaban J connectivity index is 2.12. The quantitative estimate of drug-likeness (QED) is 0.795. The first kappa shape index (κ1) is 14.2. The molecule has 0 radical (unpaired) electrons. The highest BCUT2D eigenvalue weighted by atomic mass is 16.3. The predicted molar refractivity (Wildman–Crippen MR) is 80.2 cm³/mol. The zero-order valence-corrected chi connectivity index (χ0v) is 11.3. The average Bonchev–Trinajstić information content (AvgIpc) is 2.49. The van der Waals surface area contributed by atoms with Crippen LogP contribution in [0.25, 0.3) is 11.1 Å². The fraction of sp³-hybridized carbons (Fsp3) is 0.188. The number of carbonyl (C=O) groups excluding carboxylic acids is 1. The van der Waals surface area contributed by atoms with Gasteiger partial charge in [-0.2, -0.15) is 0 Å². The molecule has 20 heavy (non-hydrogen) atoms. The summed E-state index contributed by atoms with van der Waals surface area (Å²) < 4.78 is 0. The van der Waals surface area contributed by atoms with Crippen LogP contribution in [-0.2, 0) is 4.79 Å². The summed E-state index contributed by atoms with van der Waals surface area (Å²) in [5, 5.41) is 11.7. The lowest BCUT2D eigenvalue weighted by molar-refractivity contribution is -0.121. The Labute approximate surface area is 118 Å². The van der Waals surface area contributed by atoms with Gasteiger partial charge in [0.05, 0.1) is 6.61 Å². The van der Waals surface area contributed by atoms with Crippen LogP contribution in [0.1, 0.15) is 6.92 Å². The number of nitrogens with two attached hydrogens (primary N) is 1. The van der Waals surface area contributed by atoms with Gasteiger partial charge in [-0.1, -0.05) is 42.5 Å². The topological polar surface area (TPSA) is 75.3 Å². The van der Waals surface area contributed by atoms with Crippen LogP contribution in [0.15, 0.2) is 54.6 Å². The van der Waals surface area contributed by atoms with E-state index in [0.717, 1.165) is 11.1 Å². The molecule has 1 atom stereocenters. The minimum absolute atomic E-state index is 0.402. The standard InChI is InChI=1S/C16H18N2O2/c1-16(17,11-19)15(20)18-14-9-7-13(8-10-14)12-5-3-2-4-6-12/h2-10,19H,11,17H2,1H3,(H,18,20). The second-order valence-corrected chi connectivity index (χ2v) is 4.97. The number of benzene rings is 2. The second-order valence-electron chi connectivity index (χ2n) is 4.97. The minimum Gasteiger partial charge on any atom is -0.394 e. The van der Waals surface area contributed by atoms with Crippen LogP contribution in [-0.4, -0.2) is 23.2 Å². The third kappa shape index (κ3) is 3.23. The van der Waals surface area contributed by atoms with Gasteiger partial charge in [0.15, 0.2) is 0 Å². The van der Waals surface area contributed by atoms with Crippen molar-refractivity contribution in [3.05, 3.63) is 54.6 Å². The lowest BCUT2D eigenvalue weighted by Crippen LogP contribution is -2.51. The van der Waals surface area contributed by atoms with Gasteiger partial charge in [-0.3, -0.25) is 4.79 Å². The number of carbonyl (C=O) groups is 1. The molecule has 1 unspecified atom stereocenters. The van der Waals surface area contributed by atoms with Gasteiger partial charge < -0.3 is 16.2 Å². The summed E-state index contributed by atoms with van der Waals surface area (Å²) in [5.41, 5.74) is 7.23. The van der Waals surface area contributed by atoms with Crippen molar-refractivity contribution in [1.29, 1.82) is 0 Å². The third-order valence-electron chi connectivity index (χ3n) is 3.10. The van der Waals surface area contributed by atoms with Crippen LogP contribution in [0, 0.1) is 0 Å². The van der Waals surface area contributed by atoms with Gasteiger partial charge in [0.2, 0.25) is 5.91 Å². The van der Waals surface area contributed by atoms with Gasteiger partial charge in [-0.05, 0) is 30.2 Å². The lowest BCUT2D eigenvalue weighted by atomic mass is 10.0. The zero-order valence-electron chi connectivity index (χ0n) is 11.3. The number of rotatable bonds is 4. The summed E-state index contributed by atoms with van der Waals surface area (Å²) >= 11 is 0. The molecule has 0 saturated heterocycles. The minimum atomic E-state index is -1.28. The maximum Gasteiger partial charge on any atom is 0.246 e. The molecule has 4 heteroatoms. The highest BCUT2D eigenvalue weighted by Gasteiger charge is 2.27.